The third kappa shape index (κ3) is 4.86. The Balaban J connectivity index is 2.13. The summed E-state index contributed by atoms with van der Waals surface area (Å²) in [5, 5.41) is 9.22. The van der Waals surface area contributed by atoms with Crippen LogP contribution >= 0.6 is 0 Å². The van der Waals surface area contributed by atoms with Gasteiger partial charge in [-0.2, -0.15) is 5.26 Å². The normalized spacial score (nSPS) is 16.3. The molecule has 0 N–H and O–H groups in total. The molecule has 1 aliphatic rings. The molecule has 0 aromatic heterocycles. The number of ether oxygens (including phenoxy) is 1. The Morgan fingerprint density at radius 3 is 2.65 bits per heavy atom. The van der Waals surface area contributed by atoms with Crippen molar-refractivity contribution in [1.82, 2.24) is 4.90 Å². The molecule has 0 saturated heterocycles. The molecule has 1 heterocycles. The molecular formula is C26H28N2O3. The summed E-state index contributed by atoms with van der Waals surface area (Å²) in [4.78, 5) is 28.2. The molecule has 0 unspecified atom stereocenters. The van der Waals surface area contributed by atoms with Crippen LogP contribution in [0.15, 0.2) is 59.8 Å². The van der Waals surface area contributed by atoms with Crippen molar-refractivity contribution in [3.05, 3.63) is 82.1 Å². The van der Waals surface area contributed by atoms with Crippen LogP contribution in [-0.2, 0) is 20.9 Å². The number of nitrogens with zero attached hydrogens (tertiary/aromatic N) is 2. The number of hydrogen-bond acceptors (Lipinski definition) is 4. The molecule has 5 nitrogen and oxygen atoms in total. The predicted octanol–water partition coefficient (Wildman–Crippen LogP) is 5.00. The Morgan fingerprint density at radius 1 is 1.19 bits per heavy atom. The van der Waals surface area contributed by atoms with Crippen LogP contribution in [0.1, 0.15) is 61.3 Å². The van der Waals surface area contributed by atoms with Crippen LogP contribution in [0.5, 0.6) is 0 Å². The highest BCUT2D eigenvalue weighted by Crippen LogP contribution is 2.40. The molecule has 3 rings (SSSR count). The van der Waals surface area contributed by atoms with E-state index in [2.05, 4.69) is 6.07 Å². The van der Waals surface area contributed by atoms with Crippen LogP contribution in [0.4, 0.5) is 0 Å². The van der Waals surface area contributed by atoms with Crippen LogP contribution in [0, 0.1) is 18.3 Å². The van der Waals surface area contributed by atoms with Crippen LogP contribution in [-0.4, -0.2) is 23.4 Å². The van der Waals surface area contributed by atoms with Gasteiger partial charge in [-0.25, -0.2) is 4.79 Å². The van der Waals surface area contributed by atoms with E-state index in [9.17, 15) is 14.9 Å². The van der Waals surface area contributed by atoms with Gasteiger partial charge >= 0.3 is 5.97 Å². The zero-order valence-electron chi connectivity index (χ0n) is 18.4. The van der Waals surface area contributed by atoms with E-state index in [1.165, 1.54) is 0 Å². The van der Waals surface area contributed by atoms with E-state index in [1.807, 2.05) is 50.2 Å². The van der Waals surface area contributed by atoms with Gasteiger partial charge in [-0.3, -0.25) is 4.79 Å². The molecule has 31 heavy (non-hydrogen) atoms. The number of nitriles is 1. The molecule has 0 saturated carbocycles. The van der Waals surface area contributed by atoms with Crippen molar-refractivity contribution in [3.8, 4) is 6.07 Å². The summed E-state index contributed by atoms with van der Waals surface area (Å²) in [7, 11) is 0. The molecular weight excluding hydrogens is 388 g/mol. The van der Waals surface area contributed by atoms with Crippen molar-refractivity contribution in [2.75, 3.05) is 6.61 Å². The summed E-state index contributed by atoms with van der Waals surface area (Å²) in [5.41, 5.74) is 4.75. The summed E-state index contributed by atoms with van der Waals surface area (Å²) in [6.45, 7) is 6.43. The Labute approximate surface area is 183 Å². The number of rotatable bonds is 7. The van der Waals surface area contributed by atoms with Gasteiger partial charge in [-0.05, 0) is 49.1 Å². The molecule has 160 valence electrons. The Hall–Kier alpha value is -3.39. The van der Waals surface area contributed by atoms with E-state index in [1.54, 1.807) is 24.0 Å². The number of hydrogen-bond donors (Lipinski definition) is 0. The van der Waals surface area contributed by atoms with Crippen molar-refractivity contribution < 1.29 is 14.3 Å². The third-order valence-corrected chi connectivity index (χ3v) is 5.61. The quantitative estimate of drug-likeness (QED) is 0.596. The number of carbonyl (C=O) groups is 2. The summed E-state index contributed by atoms with van der Waals surface area (Å²) in [5.74, 6) is -0.703. The van der Waals surface area contributed by atoms with Gasteiger partial charge in [0.15, 0.2) is 0 Å². The maximum absolute atomic E-state index is 13.3. The minimum Gasteiger partial charge on any atom is -0.463 e. The summed E-state index contributed by atoms with van der Waals surface area (Å²) in [6, 6.07) is 17.3. The van der Waals surface area contributed by atoms with Crippen LogP contribution in [0.25, 0.3) is 0 Å². The predicted molar refractivity (Wildman–Crippen MR) is 119 cm³/mol. The number of aryl methyl sites for hydroxylation is 1. The second-order valence-corrected chi connectivity index (χ2v) is 7.74. The Kier molecular flexibility index (Phi) is 7.25. The molecule has 0 aliphatic carbocycles. The average molecular weight is 417 g/mol. The molecule has 0 spiro atoms. The van der Waals surface area contributed by atoms with E-state index in [-0.39, 0.29) is 30.8 Å². The lowest BCUT2D eigenvalue weighted by Crippen LogP contribution is -2.39. The van der Waals surface area contributed by atoms with Gasteiger partial charge in [0.25, 0.3) is 0 Å². The lowest BCUT2D eigenvalue weighted by Gasteiger charge is -2.36. The van der Waals surface area contributed by atoms with E-state index < -0.39 is 0 Å². The molecule has 0 fully saturated rings. The number of esters is 1. The lowest BCUT2D eigenvalue weighted by molar-refractivity contribution is -0.140. The van der Waals surface area contributed by atoms with Gasteiger partial charge in [-0.15, -0.1) is 0 Å². The smallest absolute Gasteiger partial charge is 0.336 e. The zero-order valence-corrected chi connectivity index (χ0v) is 18.4. The van der Waals surface area contributed by atoms with E-state index in [0.29, 0.717) is 24.1 Å². The summed E-state index contributed by atoms with van der Waals surface area (Å²) in [6.07, 6.45) is 1.60. The van der Waals surface area contributed by atoms with Crippen LogP contribution in [0.2, 0.25) is 0 Å². The first kappa shape index (κ1) is 22.3. The number of amides is 1. The summed E-state index contributed by atoms with van der Waals surface area (Å²) < 4.78 is 5.44. The molecule has 1 aliphatic heterocycles. The van der Waals surface area contributed by atoms with E-state index >= 15 is 0 Å². The fraction of sp³-hybridized carbons (Fsp3) is 0.346. The Morgan fingerprint density at radius 2 is 1.97 bits per heavy atom. The highest BCUT2D eigenvalue weighted by atomic mass is 16.5. The van der Waals surface area contributed by atoms with Gasteiger partial charge in [0.2, 0.25) is 5.91 Å². The second kappa shape index (κ2) is 10.1. The number of carbonyl (C=O) groups excluding carboxylic acids is 2. The van der Waals surface area contributed by atoms with Gasteiger partial charge in [0.1, 0.15) is 0 Å². The fourth-order valence-electron chi connectivity index (χ4n) is 4.21. The van der Waals surface area contributed by atoms with Crippen molar-refractivity contribution in [2.24, 2.45) is 0 Å². The first-order chi connectivity index (χ1) is 15.0. The summed E-state index contributed by atoms with van der Waals surface area (Å²) >= 11 is 0. The standard InChI is InChI=1S/C26H28N2O3/c1-4-9-23-25(26(30)31-5-2)22(21-13-7-6-10-18(21)3)15-24(29)28(23)17-20-12-8-11-19(14-20)16-27/h6-8,10-14,22H,4-5,9,15,17H2,1-3H3/t22-/m1/s1. The molecule has 1 atom stereocenters. The first-order valence-electron chi connectivity index (χ1n) is 10.7. The lowest BCUT2D eigenvalue weighted by atomic mass is 9.80. The van der Waals surface area contributed by atoms with Gasteiger partial charge in [-0.1, -0.05) is 49.7 Å². The highest BCUT2D eigenvalue weighted by molar-refractivity contribution is 5.96. The largest absolute Gasteiger partial charge is 0.463 e. The molecule has 0 radical (unpaired) electrons. The zero-order chi connectivity index (χ0) is 22.4. The first-order valence-corrected chi connectivity index (χ1v) is 10.7. The molecule has 5 heteroatoms. The topological polar surface area (TPSA) is 70.4 Å². The van der Waals surface area contributed by atoms with E-state index in [4.69, 9.17) is 4.74 Å². The maximum atomic E-state index is 13.3. The number of allylic oxidation sites excluding steroid dienone is 1. The molecule has 2 aromatic rings. The van der Waals surface area contributed by atoms with Gasteiger partial charge in [0.05, 0.1) is 30.4 Å². The average Bonchev–Trinajstić information content (AvgIpc) is 2.76. The maximum Gasteiger partial charge on any atom is 0.336 e. The number of benzene rings is 2. The van der Waals surface area contributed by atoms with Crippen LogP contribution in [0.3, 0.4) is 0 Å². The second-order valence-electron chi connectivity index (χ2n) is 7.74. The highest BCUT2D eigenvalue weighted by Gasteiger charge is 2.38. The monoisotopic (exact) mass is 416 g/mol. The molecule has 1 amide bonds. The van der Waals surface area contributed by atoms with Crippen molar-refractivity contribution >= 4 is 11.9 Å². The molecule has 2 aromatic carbocycles. The fourth-order valence-corrected chi connectivity index (χ4v) is 4.21. The molecule has 0 bridgehead atoms. The van der Waals surface area contributed by atoms with Gasteiger partial charge in [0, 0.05) is 18.0 Å². The van der Waals surface area contributed by atoms with Crippen molar-refractivity contribution in [2.45, 2.75) is 52.5 Å². The van der Waals surface area contributed by atoms with Crippen molar-refractivity contribution in [1.29, 1.82) is 5.26 Å². The minimum absolute atomic E-state index is 0.0212. The van der Waals surface area contributed by atoms with Crippen molar-refractivity contribution in [3.63, 3.8) is 0 Å². The Bertz CT molecular complexity index is 1050. The SMILES string of the molecule is CCCC1=C(C(=O)OCC)[C@@H](c2ccccc2C)CC(=O)N1Cc1cccc(C#N)c1. The van der Waals surface area contributed by atoms with E-state index in [0.717, 1.165) is 28.8 Å². The third-order valence-electron chi connectivity index (χ3n) is 5.61. The van der Waals surface area contributed by atoms with Gasteiger partial charge < -0.3 is 9.64 Å². The minimum atomic E-state index is -0.359. The van der Waals surface area contributed by atoms with Crippen LogP contribution < -0.4 is 0 Å².